The summed E-state index contributed by atoms with van der Waals surface area (Å²) in [4.78, 5) is 131. The minimum Gasteiger partial charge on any atom is -0.480 e. The van der Waals surface area contributed by atoms with E-state index >= 15 is 0 Å². The van der Waals surface area contributed by atoms with Gasteiger partial charge in [0.05, 0.1) is 0 Å². The Kier molecular flexibility index (Phi) is 24.8. The molecule has 4 aliphatic heterocycles. The SMILES string of the molecule is C=C1CCC(N2Cc3c(NC(=O)OC[C@H](C)SS[C@@H](C)CC(=O)N(CC(=O)O)Cc4ccccc4)cccc3C2=O)C(=O)N1.C=C1CCC(N2Cc3c(NC(=O)OC[C@H](C)SS[C@H](C)CC(=O)N(CC(=O)O)Cc4ccccc4)cccc3C2=O)C(=O)N1. The molecule has 26 heteroatoms. The van der Waals surface area contributed by atoms with Crippen LogP contribution in [0.5, 0.6) is 0 Å². The number of rotatable bonds is 26. The van der Waals surface area contributed by atoms with Gasteiger partial charge >= 0.3 is 24.1 Å². The molecule has 2 fully saturated rings. The van der Waals surface area contributed by atoms with Crippen LogP contribution in [-0.2, 0) is 64.4 Å². The van der Waals surface area contributed by atoms with E-state index in [9.17, 15) is 58.2 Å². The topological polar surface area (TPSA) is 291 Å². The molecule has 0 bridgehead atoms. The summed E-state index contributed by atoms with van der Waals surface area (Å²) in [6, 6.07) is 27.4. The fourth-order valence-electron chi connectivity index (χ4n) is 9.90. The maximum atomic E-state index is 13.1. The number of fused-ring (bicyclic) bond motifs is 2. The number of nitrogens with one attached hydrogen (secondary N) is 4. The van der Waals surface area contributed by atoms with Crippen LogP contribution in [0.1, 0.15) is 109 Å². The lowest BCUT2D eigenvalue weighted by atomic mass is 10.0. The molecule has 0 aliphatic carbocycles. The maximum Gasteiger partial charge on any atom is 0.411 e. The number of amides is 8. The average molecular weight is 1280 g/mol. The van der Waals surface area contributed by atoms with Gasteiger partial charge in [-0.2, -0.15) is 0 Å². The van der Waals surface area contributed by atoms with Crippen LogP contribution in [0, 0.1) is 0 Å². The van der Waals surface area contributed by atoms with E-state index in [1.165, 1.54) is 62.8 Å². The molecule has 0 radical (unpaired) electrons. The predicted molar refractivity (Wildman–Crippen MR) is 340 cm³/mol. The summed E-state index contributed by atoms with van der Waals surface area (Å²) in [6.07, 6.45) is 1.16. The molecule has 8 rings (SSSR count). The summed E-state index contributed by atoms with van der Waals surface area (Å²) >= 11 is 0. The van der Waals surface area contributed by atoms with Gasteiger partial charge in [-0.3, -0.25) is 49.0 Å². The first-order chi connectivity index (χ1) is 42.0. The van der Waals surface area contributed by atoms with E-state index in [0.29, 0.717) is 70.7 Å². The lowest BCUT2D eigenvalue weighted by molar-refractivity contribution is -0.145. The van der Waals surface area contributed by atoms with E-state index in [1.54, 1.807) is 36.4 Å². The molecule has 2 unspecified atom stereocenters. The smallest absolute Gasteiger partial charge is 0.411 e. The van der Waals surface area contributed by atoms with Crippen LogP contribution >= 0.6 is 43.2 Å². The summed E-state index contributed by atoms with van der Waals surface area (Å²) in [6.45, 7) is 15.5. The molecule has 0 saturated carbocycles. The van der Waals surface area contributed by atoms with Crippen LogP contribution < -0.4 is 21.3 Å². The third-order valence-corrected chi connectivity index (χ3v) is 21.0. The molecule has 6 N–H and O–H groups in total. The number of ether oxygens (including phenoxy) is 2. The average Bonchev–Trinajstić information content (AvgIpc) is 2.50. The first-order valence-corrected chi connectivity index (χ1v) is 33.0. The predicted octanol–water partition coefficient (Wildman–Crippen LogP) is 9.29. The Morgan fingerprint density at radius 1 is 0.557 bits per heavy atom. The molecule has 468 valence electrons. The zero-order chi connectivity index (χ0) is 63.6. The molecule has 2 saturated heterocycles. The second kappa shape index (κ2) is 32.3. The van der Waals surface area contributed by atoms with Crippen LogP contribution in [0.3, 0.4) is 0 Å². The summed E-state index contributed by atoms with van der Waals surface area (Å²) < 4.78 is 10.9. The molecule has 4 aromatic carbocycles. The van der Waals surface area contributed by atoms with Gasteiger partial charge in [0, 0.05) is 105 Å². The van der Waals surface area contributed by atoms with E-state index in [0.717, 1.165) is 11.1 Å². The molecule has 8 amide bonds. The van der Waals surface area contributed by atoms with Crippen molar-refractivity contribution < 1.29 is 67.6 Å². The Labute approximate surface area is 526 Å². The number of allylic oxidation sites excluding steroid dienone is 2. The Morgan fingerprint density at radius 3 is 1.27 bits per heavy atom. The lowest BCUT2D eigenvalue weighted by Gasteiger charge is -2.31. The quantitative estimate of drug-likeness (QED) is 0.0319. The number of piperidine rings is 2. The molecule has 0 aromatic heterocycles. The molecule has 0 spiro atoms. The van der Waals surface area contributed by atoms with Crippen molar-refractivity contribution in [1.29, 1.82) is 0 Å². The summed E-state index contributed by atoms with van der Waals surface area (Å²) in [5.74, 6) is -3.67. The van der Waals surface area contributed by atoms with Crippen molar-refractivity contribution in [1.82, 2.24) is 30.2 Å². The van der Waals surface area contributed by atoms with E-state index in [4.69, 9.17) is 9.47 Å². The van der Waals surface area contributed by atoms with E-state index in [1.807, 2.05) is 88.4 Å². The minimum absolute atomic E-state index is 0.0964. The molecule has 4 heterocycles. The monoisotopic (exact) mass is 1280 g/mol. The maximum absolute atomic E-state index is 13.1. The number of aliphatic carboxylic acids is 2. The van der Waals surface area contributed by atoms with Gasteiger partial charge in [0.25, 0.3) is 11.8 Å². The number of anilines is 2. The van der Waals surface area contributed by atoms with Crippen molar-refractivity contribution in [3.05, 3.63) is 155 Å². The fraction of sp³-hybridized carbons (Fsp3) is 0.387. The van der Waals surface area contributed by atoms with Crippen LogP contribution in [0.15, 0.2) is 122 Å². The Bertz CT molecular complexity index is 3050. The van der Waals surface area contributed by atoms with Gasteiger partial charge in [0.2, 0.25) is 23.6 Å². The first-order valence-electron chi connectivity index (χ1n) is 28.4. The second-order valence-corrected chi connectivity index (χ2v) is 27.9. The number of nitrogens with zero attached hydrogens (tertiary/aromatic N) is 4. The van der Waals surface area contributed by atoms with Gasteiger partial charge in [-0.05, 0) is 74.9 Å². The fourth-order valence-corrected chi connectivity index (χ4v) is 14.3. The van der Waals surface area contributed by atoms with Crippen molar-refractivity contribution in [2.24, 2.45) is 0 Å². The van der Waals surface area contributed by atoms with Gasteiger partial charge in [0.1, 0.15) is 38.4 Å². The van der Waals surface area contributed by atoms with Crippen molar-refractivity contribution in [2.75, 3.05) is 36.9 Å². The molecule has 4 aliphatic rings. The summed E-state index contributed by atoms with van der Waals surface area (Å²) in [5.41, 5.74) is 6.02. The van der Waals surface area contributed by atoms with Crippen LogP contribution in [0.2, 0.25) is 0 Å². The van der Waals surface area contributed by atoms with Crippen LogP contribution in [-0.4, -0.2) is 149 Å². The van der Waals surface area contributed by atoms with Gasteiger partial charge in [-0.25, -0.2) is 9.59 Å². The number of carboxylic acids is 2. The normalized spacial score (nSPS) is 17.4. The Balaban J connectivity index is 0.000000251. The largest absolute Gasteiger partial charge is 0.480 e. The standard InChI is InChI=1S/2C31H36N4O7S2/c2*1-19-12-13-26(29(39)32-19)35-16-24-23(30(35)40)10-7-11-25(24)33-31(41)42-18-21(3)44-43-20(2)14-27(36)34(17-28(37)38)15-22-8-5-4-6-9-22/h2*4-11,20-21,26H,1,12-18H2,2-3H3,(H,32,39)(H,33,41)(H,37,38)/t20-,21+,26?;20-,21-,26?/m10/s1. The molecule has 6 atom stereocenters. The van der Waals surface area contributed by atoms with Gasteiger partial charge in [0.15, 0.2) is 0 Å². The van der Waals surface area contributed by atoms with Crippen LogP contribution in [0.25, 0.3) is 0 Å². The third kappa shape index (κ3) is 19.5. The van der Waals surface area contributed by atoms with Crippen molar-refractivity contribution in [2.45, 2.75) is 125 Å². The van der Waals surface area contributed by atoms with Crippen molar-refractivity contribution in [3.8, 4) is 0 Å². The third-order valence-electron chi connectivity index (χ3n) is 14.2. The summed E-state index contributed by atoms with van der Waals surface area (Å²) in [7, 11) is 5.88. The minimum atomic E-state index is -1.07. The number of carbonyl (C=O) groups excluding carboxylic acids is 8. The van der Waals surface area contributed by atoms with Crippen LogP contribution in [0.4, 0.5) is 21.0 Å². The van der Waals surface area contributed by atoms with Gasteiger partial charge < -0.3 is 49.9 Å². The Morgan fingerprint density at radius 2 is 0.920 bits per heavy atom. The molecular formula is C62H72N8O14S4. The highest BCUT2D eigenvalue weighted by atomic mass is 33.1. The van der Waals surface area contributed by atoms with E-state index in [-0.39, 0.29) is 122 Å². The zero-order valence-corrected chi connectivity index (χ0v) is 52.5. The lowest BCUT2D eigenvalue weighted by Crippen LogP contribution is -2.49. The molecule has 88 heavy (non-hydrogen) atoms. The van der Waals surface area contributed by atoms with Crippen molar-refractivity contribution >= 4 is 114 Å². The Hall–Kier alpha value is -7.94. The highest BCUT2D eigenvalue weighted by Gasteiger charge is 2.41. The number of hydrogen-bond acceptors (Lipinski definition) is 16. The molecule has 22 nitrogen and oxygen atoms in total. The number of benzene rings is 4. The van der Waals surface area contributed by atoms with E-state index in [2.05, 4.69) is 34.4 Å². The first kappa shape index (κ1) is 67.6. The highest BCUT2D eigenvalue weighted by Crippen LogP contribution is 2.37. The van der Waals surface area contributed by atoms with Crippen molar-refractivity contribution in [3.63, 3.8) is 0 Å². The van der Waals surface area contributed by atoms with E-state index < -0.39 is 36.2 Å². The second-order valence-electron chi connectivity index (χ2n) is 21.6. The number of carbonyl (C=O) groups is 10. The molecule has 4 aromatic rings. The number of carboxylic acid groups (broad SMARTS) is 2. The van der Waals surface area contributed by atoms with Gasteiger partial charge in [-0.1, -0.05) is 143 Å². The number of hydrogen-bond donors (Lipinski definition) is 6. The highest BCUT2D eigenvalue weighted by molar-refractivity contribution is 8.77. The zero-order valence-electron chi connectivity index (χ0n) is 49.2. The summed E-state index contributed by atoms with van der Waals surface area (Å²) in [5, 5.41) is 29.0. The molecular weight excluding hydrogens is 1210 g/mol. The van der Waals surface area contributed by atoms with Gasteiger partial charge in [-0.15, -0.1) is 0 Å².